The molecule has 3 fully saturated rings. The molecule has 4 rings (SSSR count). The third-order valence-corrected chi connectivity index (χ3v) is 8.61. The number of hydrogen-bond acceptors (Lipinski definition) is 1. The molecule has 0 spiro atoms. The van der Waals surface area contributed by atoms with Crippen molar-refractivity contribution in [2.24, 2.45) is 34.5 Å². The summed E-state index contributed by atoms with van der Waals surface area (Å²) in [7, 11) is 0. The molecular formula is C20H32O. The number of aliphatic hydroxyl groups excluding tert-OH is 1. The molecule has 1 heteroatoms. The van der Waals surface area contributed by atoms with Gasteiger partial charge in [0.25, 0.3) is 0 Å². The minimum Gasteiger partial charge on any atom is -0.393 e. The van der Waals surface area contributed by atoms with Crippen LogP contribution in [0.25, 0.3) is 0 Å². The maximum Gasteiger partial charge on any atom is 0.0543 e. The highest BCUT2D eigenvalue weighted by atomic mass is 16.3. The molecule has 3 saturated carbocycles. The monoisotopic (exact) mass is 288 g/mol. The van der Waals surface area contributed by atoms with Gasteiger partial charge in [-0.3, -0.25) is 0 Å². The van der Waals surface area contributed by atoms with Gasteiger partial charge in [-0.1, -0.05) is 25.5 Å². The zero-order chi connectivity index (χ0) is 14.8. The average Bonchev–Trinajstić information content (AvgIpc) is 2.76. The Labute approximate surface area is 130 Å². The van der Waals surface area contributed by atoms with Crippen LogP contribution in [0.15, 0.2) is 11.6 Å². The SMILES string of the molecule is CC1=CC[C@H]2[C@@H]3CCC4CC(O)CC[C@]4(C)[C@H]3CC[C@]12C. The third kappa shape index (κ3) is 1.85. The van der Waals surface area contributed by atoms with Crippen molar-refractivity contribution in [2.45, 2.75) is 78.2 Å². The van der Waals surface area contributed by atoms with Crippen molar-refractivity contribution in [1.29, 1.82) is 0 Å². The van der Waals surface area contributed by atoms with Crippen LogP contribution in [0.5, 0.6) is 0 Å². The van der Waals surface area contributed by atoms with E-state index < -0.39 is 0 Å². The minimum atomic E-state index is -0.0103. The minimum absolute atomic E-state index is 0.0103. The first-order valence-corrected chi connectivity index (χ1v) is 9.30. The summed E-state index contributed by atoms with van der Waals surface area (Å²) in [5.74, 6) is 3.60. The molecule has 0 aliphatic heterocycles. The summed E-state index contributed by atoms with van der Waals surface area (Å²) in [6.45, 7) is 7.51. The van der Waals surface area contributed by atoms with E-state index in [2.05, 4.69) is 26.8 Å². The second-order valence-electron chi connectivity index (χ2n) is 9.16. The number of rotatable bonds is 0. The molecule has 0 amide bonds. The van der Waals surface area contributed by atoms with Crippen molar-refractivity contribution in [3.8, 4) is 0 Å². The Balaban J connectivity index is 1.63. The highest BCUT2D eigenvalue weighted by Gasteiger charge is 2.57. The van der Waals surface area contributed by atoms with Crippen LogP contribution in [0.4, 0.5) is 0 Å². The Hall–Kier alpha value is -0.300. The third-order valence-electron chi connectivity index (χ3n) is 8.61. The highest BCUT2D eigenvalue weighted by Crippen LogP contribution is 2.66. The Morgan fingerprint density at radius 1 is 1.05 bits per heavy atom. The first-order chi connectivity index (χ1) is 9.95. The standard InChI is InChI=1S/C20H32O/c1-13-4-7-17-16-6-5-14-12-15(21)8-10-20(14,3)18(16)9-11-19(13,17)2/h4,14-18,21H,5-12H2,1-3H3/t14?,15?,16-,17-,18-,19+,20-/m0/s1. The number of aliphatic hydroxyl groups is 1. The predicted molar refractivity (Wildman–Crippen MR) is 86.9 cm³/mol. The molecule has 2 unspecified atom stereocenters. The fraction of sp³-hybridized carbons (Fsp3) is 0.900. The largest absolute Gasteiger partial charge is 0.393 e. The van der Waals surface area contributed by atoms with Crippen LogP contribution in [0.3, 0.4) is 0 Å². The summed E-state index contributed by atoms with van der Waals surface area (Å²) in [6.07, 6.45) is 12.9. The van der Waals surface area contributed by atoms with E-state index in [0.29, 0.717) is 10.8 Å². The van der Waals surface area contributed by atoms with Gasteiger partial charge < -0.3 is 5.11 Å². The molecule has 4 aliphatic rings. The Kier molecular flexibility index (Phi) is 3.13. The summed E-state index contributed by atoms with van der Waals surface area (Å²) in [4.78, 5) is 0. The lowest BCUT2D eigenvalue weighted by molar-refractivity contribution is -0.117. The maximum absolute atomic E-state index is 10.1. The molecule has 0 bridgehead atoms. The molecule has 0 saturated heterocycles. The van der Waals surface area contributed by atoms with Gasteiger partial charge in [0, 0.05) is 0 Å². The van der Waals surface area contributed by atoms with E-state index in [4.69, 9.17) is 0 Å². The quantitative estimate of drug-likeness (QED) is 0.626. The Morgan fingerprint density at radius 2 is 1.86 bits per heavy atom. The molecule has 1 nitrogen and oxygen atoms in total. The predicted octanol–water partition coefficient (Wildman–Crippen LogP) is 4.95. The second kappa shape index (κ2) is 4.60. The van der Waals surface area contributed by atoms with Gasteiger partial charge in [-0.15, -0.1) is 0 Å². The molecule has 4 aliphatic carbocycles. The number of hydrogen-bond donors (Lipinski definition) is 1. The molecule has 0 aromatic carbocycles. The maximum atomic E-state index is 10.1. The van der Waals surface area contributed by atoms with E-state index in [0.717, 1.165) is 36.5 Å². The molecule has 0 aromatic heterocycles. The molecule has 0 radical (unpaired) electrons. The van der Waals surface area contributed by atoms with Gasteiger partial charge in [-0.2, -0.15) is 0 Å². The summed E-state index contributed by atoms with van der Waals surface area (Å²) in [5.41, 5.74) is 2.72. The zero-order valence-corrected chi connectivity index (χ0v) is 14.1. The van der Waals surface area contributed by atoms with Crippen LogP contribution < -0.4 is 0 Å². The normalized spacial score (nSPS) is 56.2. The molecule has 1 N–H and O–H groups in total. The smallest absolute Gasteiger partial charge is 0.0543 e. The number of fused-ring (bicyclic) bond motifs is 5. The first-order valence-electron chi connectivity index (χ1n) is 9.30. The zero-order valence-electron chi connectivity index (χ0n) is 14.1. The summed E-state index contributed by atoms with van der Waals surface area (Å²) < 4.78 is 0. The highest BCUT2D eigenvalue weighted by molar-refractivity contribution is 5.23. The van der Waals surface area contributed by atoms with E-state index in [-0.39, 0.29) is 6.10 Å². The topological polar surface area (TPSA) is 20.2 Å². The summed E-state index contributed by atoms with van der Waals surface area (Å²) >= 11 is 0. The van der Waals surface area contributed by atoms with Crippen LogP contribution in [0.2, 0.25) is 0 Å². The van der Waals surface area contributed by atoms with Gasteiger partial charge in [0.1, 0.15) is 0 Å². The second-order valence-corrected chi connectivity index (χ2v) is 9.16. The fourth-order valence-corrected chi connectivity index (χ4v) is 7.02. The van der Waals surface area contributed by atoms with Crippen LogP contribution in [0.1, 0.15) is 72.1 Å². The van der Waals surface area contributed by atoms with Crippen molar-refractivity contribution < 1.29 is 5.11 Å². The Bertz CT molecular complexity index is 466. The van der Waals surface area contributed by atoms with Crippen molar-refractivity contribution in [2.75, 3.05) is 0 Å². The van der Waals surface area contributed by atoms with Crippen molar-refractivity contribution >= 4 is 0 Å². The summed E-state index contributed by atoms with van der Waals surface area (Å²) in [5, 5.41) is 10.1. The van der Waals surface area contributed by atoms with Gasteiger partial charge in [0.05, 0.1) is 6.10 Å². The van der Waals surface area contributed by atoms with Crippen LogP contribution in [-0.4, -0.2) is 11.2 Å². The lowest BCUT2D eigenvalue weighted by Crippen LogP contribution is -2.53. The molecule has 7 atom stereocenters. The lowest BCUT2D eigenvalue weighted by Gasteiger charge is -2.60. The van der Waals surface area contributed by atoms with E-state index in [9.17, 15) is 5.11 Å². The summed E-state index contributed by atoms with van der Waals surface area (Å²) in [6, 6.07) is 0. The fourth-order valence-electron chi connectivity index (χ4n) is 7.02. The van der Waals surface area contributed by atoms with E-state index in [1.807, 2.05) is 0 Å². The van der Waals surface area contributed by atoms with E-state index in [1.165, 1.54) is 38.5 Å². The van der Waals surface area contributed by atoms with Gasteiger partial charge in [0.2, 0.25) is 0 Å². The lowest BCUT2D eigenvalue weighted by atomic mass is 9.45. The average molecular weight is 288 g/mol. The van der Waals surface area contributed by atoms with Crippen molar-refractivity contribution in [3.05, 3.63) is 11.6 Å². The molecular weight excluding hydrogens is 256 g/mol. The molecule has 0 aromatic rings. The van der Waals surface area contributed by atoms with Crippen LogP contribution in [0, 0.1) is 34.5 Å². The van der Waals surface area contributed by atoms with Gasteiger partial charge in [-0.25, -0.2) is 0 Å². The van der Waals surface area contributed by atoms with E-state index in [1.54, 1.807) is 5.57 Å². The molecule has 118 valence electrons. The van der Waals surface area contributed by atoms with Crippen LogP contribution in [-0.2, 0) is 0 Å². The van der Waals surface area contributed by atoms with Gasteiger partial charge in [0.15, 0.2) is 0 Å². The Morgan fingerprint density at radius 3 is 2.67 bits per heavy atom. The first kappa shape index (κ1) is 14.3. The molecule has 21 heavy (non-hydrogen) atoms. The van der Waals surface area contributed by atoms with Crippen molar-refractivity contribution in [3.63, 3.8) is 0 Å². The van der Waals surface area contributed by atoms with Crippen molar-refractivity contribution in [1.82, 2.24) is 0 Å². The molecule has 0 heterocycles. The van der Waals surface area contributed by atoms with Gasteiger partial charge >= 0.3 is 0 Å². The van der Waals surface area contributed by atoms with E-state index >= 15 is 0 Å². The van der Waals surface area contributed by atoms with Crippen LogP contribution >= 0.6 is 0 Å². The number of allylic oxidation sites excluding steroid dienone is 2. The van der Waals surface area contributed by atoms with Gasteiger partial charge in [-0.05, 0) is 92.8 Å².